The molecule has 0 bridgehead atoms. The Morgan fingerprint density at radius 1 is 1.00 bits per heavy atom. The van der Waals surface area contributed by atoms with E-state index >= 15 is 0 Å². The third kappa shape index (κ3) is 3.25. The number of nitrogens with zero attached hydrogens (tertiary/aromatic N) is 3. The van der Waals surface area contributed by atoms with Gasteiger partial charge in [-0.3, -0.25) is 24.5 Å². The van der Waals surface area contributed by atoms with Gasteiger partial charge in [-0.15, -0.1) is 0 Å². The standard InChI is InChI=1S/C21H21N3O5/c1-2-3-9-17-18-19(29-23(17)15-7-5-4-6-8-15)21(26)22(20(18)25)14-10-12-16(13-11-14)24(27)28/h4-8,10-13,17-19H,2-3,9H2,1H3. The van der Waals surface area contributed by atoms with Gasteiger partial charge >= 0.3 is 0 Å². The average Bonchev–Trinajstić information content (AvgIpc) is 3.23. The first-order valence-corrected chi connectivity index (χ1v) is 9.66. The van der Waals surface area contributed by atoms with E-state index < -0.39 is 22.9 Å². The predicted molar refractivity (Wildman–Crippen MR) is 106 cm³/mol. The van der Waals surface area contributed by atoms with E-state index in [1.54, 1.807) is 5.06 Å². The zero-order valence-corrected chi connectivity index (χ0v) is 15.9. The van der Waals surface area contributed by atoms with Crippen molar-refractivity contribution in [2.75, 3.05) is 9.96 Å². The Kier molecular flexibility index (Phi) is 5.02. The molecule has 2 fully saturated rings. The van der Waals surface area contributed by atoms with Gasteiger partial charge in [-0.2, -0.15) is 0 Å². The van der Waals surface area contributed by atoms with Crippen molar-refractivity contribution < 1.29 is 19.3 Å². The smallest absolute Gasteiger partial charge is 0.269 e. The second-order valence-electron chi connectivity index (χ2n) is 7.21. The Labute approximate surface area is 167 Å². The summed E-state index contributed by atoms with van der Waals surface area (Å²) in [6.07, 6.45) is 1.70. The van der Waals surface area contributed by atoms with Gasteiger partial charge in [-0.25, -0.2) is 9.96 Å². The van der Waals surface area contributed by atoms with Gasteiger partial charge in [0.2, 0.25) is 5.91 Å². The molecular formula is C21H21N3O5. The topological polar surface area (TPSA) is 93.0 Å². The molecule has 0 aliphatic carbocycles. The first kappa shape index (κ1) is 19.1. The molecule has 29 heavy (non-hydrogen) atoms. The fourth-order valence-electron chi connectivity index (χ4n) is 4.01. The lowest BCUT2D eigenvalue weighted by Crippen LogP contribution is -2.40. The molecule has 8 nitrogen and oxygen atoms in total. The first-order valence-electron chi connectivity index (χ1n) is 9.66. The van der Waals surface area contributed by atoms with Crippen molar-refractivity contribution in [3.8, 4) is 0 Å². The van der Waals surface area contributed by atoms with Crippen molar-refractivity contribution in [3.05, 3.63) is 64.7 Å². The lowest BCUT2D eigenvalue weighted by molar-refractivity contribution is -0.384. The summed E-state index contributed by atoms with van der Waals surface area (Å²) >= 11 is 0. The van der Waals surface area contributed by atoms with Gasteiger partial charge < -0.3 is 0 Å². The van der Waals surface area contributed by atoms with Crippen LogP contribution in [-0.4, -0.2) is 28.9 Å². The van der Waals surface area contributed by atoms with Crippen LogP contribution < -0.4 is 9.96 Å². The molecule has 2 aromatic carbocycles. The van der Waals surface area contributed by atoms with Gasteiger partial charge in [0.15, 0.2) is 6.10 Å². The van der Waals surface area contributed by atoms with Crippen LogP contribution in [0.4, 0.5) is 17.1 Å². The summed E-state index contributed by atoms with van der Waals surface area (Å²) in [5.74, 6) is -1.37. The van der Waals surface area contributed by atoms with Crippen molar-refractivity contribution in [3.63, 3.8) is 0 Å². The molecule has 0 N–H and O–H groups in total. The highest BCUT2D eigenvalue weighted by molar-refractivity contribution is 6.23. The summed E-state index contributed by atoms with van der Waals surface area (Å²) in [7, 11) is 0. The maximum absolute atomic E-state index is 13.2. The van der Waals surface area contributed by atoms with E-state index in [9.17, 15) is 19.7 Å². The van der Waals surface area contributed by atoms with E-state index in [1.165, 1.54) is 24.3 Å². The Bertz CT molecular complexity index is 931. The third-order valence-electron chi connectivity index (χ3n) is 5.42. The molecule has 4 rings (SSSR count). The molecule has 2 aromatic rings. The maximum Gasteiger partial charge on any atom is 0.269 e. The SMILES string of the molecule is CCCCC1C2C(=O)N(c3ccc([N+](=O)[O-])cc3)C(=O)C2ON1c1ccccc1. The summed E-state index contributed by atoms with van der Waals surface area (Å²) in [5.41, 5.74) is 1.04. The predicted octanol–water partition coefficient (Wildman–Crippen LogP) is 3.46. The number of non-ortho nitro benzene ring substituents is 1. The lowest BCUT2D eigenvalue weighted by Gasteiger charge is -2.28. The van der Waals surface area contributed by atoms with E-state index in [0.29, 0.717) is 5.69 Å². The van der Waals surface area contributed by atoms with Gasteiger partial charge in [0, 0.05) is 12.1 Å². The number of para-hydroxylation sites is 1. The lowest BCUT2D eigenvalue weighted by atomic mass is 9.92. The number of benzene rings is 2. The zero-order chi connectivity index (χ0) is 20.5. The molecule has 0 spiro atoms. The van der Waals surface area contributed by atoms with E-state index in [2.05, 4.69) is 6.92 Å². The molecule has 2 aliphatic heterocycles. The van der Waals surface area contributed by atoms with Crippen LogP contribution in [0.3, 0.4) is 0 Å². The molecule has 3 atom stereocenters. The Morgan fingerprint density at radius 2 is 1.69 bits per heavy atom. The average molecular weight is 395 g/mol. The van der Waals surface area contributed by atoms with Gasteiger partial charge in [0.1, 0.15) is 0 Å². The highest BCUT2D eigenvalue weighted by Crippen LogP contribution is 2.42. The molecule has 2 aliphatic rings. The van der Waals surface area contributed by atoms with Crippen LogP contribution in [0.15, 0.2) is 54.6 Å². The zero-order valence-electron chi connectivity index (χ0n) is 15.9. The fraction of sp³-hybridized carbons (Fsp3) is 0.333. The minimum atomic E-state index is -0.889. The molecule has 150 valence electrons. The molecule has 0 radical (unpaired) electrons. The molecule has 8 heteroatoms. The Balaban J connectivity index is 1.64. The summed E-state index contributed by atoms with van der Waals surface area (Å²) in [6.45, 7) is 2.07. The van der Waals surface area contributed by atoms with E-state index in [4.69, 9.17) is 4.84 Å². The number of amides is 2. The Morgan fingerprint density at radius 3 is 2.31 bits per heavy atom. The molecular weight excluding hydrogens is 374 g/mol. The van der Waals surface area contributed by atoms with E-state index in [-0.39, 0.29) is 17.6 Å². The molecule has 2 heterocycles. The summed E-state index contributed by atoms with van der Waals surface area (Å²) < 4.78 is 0. The number of hydrogen-bond donors (Lipinski definition) is 0. The summed E-state index contributed by atoms with van der Waals surface area (Å²) in [6, 6.07) is 14.6. The fourth-order valence-corrected chi connectivity index (χ4v) is 4.01. The molecule has 2 saturated heterocycles. The minimum absolute atomic E-state index is 0.0969. The number of carbonyl (C=O) groups is 2. The van der Waals surface area contributed by atoms with Crippen LogP contribution in [-0.2, 0) is 14.4 Å². The van der Waals surface area contributed by atoms with Crippen LogP contribution in [0, 0.1) is 16.0 Å². The largest absolute Gasteiger partial charge is 0.273 e. The van der Waals surface area contributed by atoms with Crippen molar-refractivity contribution in [1.29, 1.82) is 0 Å². The quantitative estimate of drug-likeness (QED) is 0.422. The molecule has 2 amide bonds. The number of nitro benzene ring substituents is 1. The van der Waals surface area contributed by atoms with Crippen molar-refractivity contribution in [2.24, 2.45) is 5.92 Å². The van der Waals surface area contributed by atoms with Gasteiger partial charge in [0.05, 0.1) is 28.3 Å². The van der Waals surface area contributed by atoms with Gasteiger partial charge in [-0.1, -0.05) is 38.0 Å². The third-order valence-corrected chi connectivity index (χ3v) is 5.42. The number of nitro groups is 1. The number of rotatable bonds is 6. The molecule has 0 saturated carbocycles. The number of imide groups is 1. The number of fused-ring (bicyclic) bond motifs is 1. The van der Waals surface area contributed by atoms with Crippen LogP contribution in [0.5, 0.6) is 0 Å². The van der Waals surface area contributed by atoms with Crippen LogP contribution in [0.25, 0.3) is 0 Å². The van der Waals surface area contributed by atoms with Crippen molar-refractivity contribution in [2.45, 2.75) is 38.3 Å². The van der Waals surface area contributed by atoms with Crippen LogP contribution >= 0.6 is 0 Å². The molecule has 3 unspecified atom stereocenters. The second-order valence-corrected chi connectivity index (χ2v) is 7.21. The Hall–Kier alpha value is -3.26. The number of hydrogen-bond acceptors (Lipinski definition) is 6. The normalized spacial score (nSPS) is 23.6. The number of unbranched alkanes of at least 4 members (excludes halogenated alkanes) is 1. The summed E-state index contributed by atoms with van der Waals surface area (Å²) in [4.78, 5) is 43.7. The minimum Gasteiger partial charge on any atom is -0.273 e. The van der Waals surface area contributed by atoms with Crippen molar-refractivity contribution in [1.82, 2.24) is 0 Å². The van der Waals surface area contributed by atoms with E-state index in [0.717, 1.165) is 29.8 Å². The highest BCUT2D eigenvalue weighted by atomic mass is 16.7. The maximum atomic E-state index is 13.2. The van der Waals surface area contributed by atoms with Crippen molar-refractivity contribution >= 4 is 28.9 Å². The molecule has 0 aromatic heterocycles. The number of anilines is 2. The second kappa shape index (κ2) is 7.63. The number of hydroxylamine groups is 1. The summed E-state index contributed by atoms with van der Waals surface area (Å²) in [5, 5.41) is 12.6. The van der Waals surface area contributed by atoms with Crippen LogP contribution in [0.2, 0.25) is 0 Å². The highest BCUT2D eigenvalue weighted by Gasteiger charge is 2.59. The van der Waals surface area contributed by atoms with Gasteiger partial charge in [-0.05, 0) is 30.7 Å². The number of carbonyl (C=O) groups excluding carboxylic acids is 2. The first-order chi connectivity index (χ1) is 14.0. The van der Waals surface area contributed by atoms with Crippen LogP contribution in [0.1, 0.15) is 26.2 Å². The monoisotopic (exact) mass is 395 g/mol. The van der Waals surface area contributed by atoms with E-state index in [1.807, 2.05) is 30.3 Å². The van der Waals surface area contributed by atoms with Gasteiger partial charge in [0.25, 0.3) is 11.6 Å².